The lowest BCUT2D eigenvalue weighted by Gasteiger charge is -2.44. The van der Waals surface area contributed by atoms with Gasteiger partial charge in [-0.1, -0.05) is 41.5 Å². The molecule has 6 nitrogen and oxygen atoms in total. The molecule has 118 valence electrons. The molecule has 1 aromatic heterocycles. The van der Waals surface area contributed by atoms with E-state index < -0.39 is 19.1 Å². The molecule has 0 saturated heterocycles. The zero-order valence-electron chi connectivity index (χ0n) is 13.5. The van der Waals surface area contributed by atoms with Crippen molar-refractivity contribution in [2.75, 3.05) is 0 Å². The van der Waals surface area contributed by atoms with E-state index in [4.69, 9.17) is 0 Å². The minimum atomic E-state index is -2.30. The first kappa shape index (κ1) is 17.4. The van der Waals surface area contributed by atoms with E-state index in [-0.39, 0.29) is 28.0 Å². The molecule has 0 radical (unpaired) electrons. The lowest BCUT2D eigenvalue weighted by atomic mass is 10.4. The molecule has 0 fully saturated rings. The maximum Gasteiger partial charge on any atom is 0.358 e. The zero-order chi connectivity index (χ0) is 16.5. The van der Waals surface area contributed by atoms with Gasteiger partial charge in [0.2, 0.25) is 0 Å². The molecule has 0 unspecified atom stereocenters. The van der Waals surface area contributed by atoms with E-state index in [1.54, 1.807) is 10.4 Å². The SMILES string of the molecule is CC(C)[Si](C(C)C)(C(C)C)n1ccc([N+](=O)[O-])c1C(=O)O. The van der Waals surface area contributed by atoms with Crippen molar-refractivity contribution < 1.29 is 14.8 Å². The van der Waals surface area contributed by atoms with Crippen LogP contribution in [-0.4, -0.2) is 28.5 Å². The smallest absolute Gasteiger partial charge is 0.358 e. The Kier molecular flexibility index (Phi) is 4.98. The van der Waals surface area contributed by atoms with Crippen LogP contribution in [0.5, 0.6) is 0 Å². The van der Waals surface area contributed by atoms with Gasteiger partial charge >= 0.3 is 11.7 Å². The number of carbonyl (C=O) groups is 1. The summed E-state index contributed by atoms with van der Waals surface area (Å²) in [5, 5.41) is 20.6. The van der Waals surface area contributed by atoms with Crippen molar-refractivity contribution in [2.24, 2.45) is 0 Å². The van der Waals surface area contributed by atoms with E-state index in [1.807, 2.05) is 0 Å². The van der Waals surface area contributed by atoms with E-state index in [2.05, 4.69) is 41.5 Å². The average Bonchev–Trinajstić information content (AvgIpc) is 2.73. The summed E-state index contributed by atoms with van der Waals surface area (Å²) in [6.07, 6.45) is 1.60. The molecule has 0 aromatic carbocycles. The average molecular weight is 312 g/mol. The van der Waals surface area contributed by atoms with E-state index in [0.29, 0.717) is 0 Å². The van der Waals surface area contributed by atoms with Crippen LogP contribution in [0.1, 0.15) is 52.0 Å². The normalized spacial score (nSPS) is 12.4. The molecule has 0 saturated carbocycles. The number of aromatic nitrogens is 1. The summed E-state index contributed by atoms with van der Waals surface area (Å²) in [6.45, 7) is 12.5. The number of nitro groups is 1. The highest BCUT2D eigenvalue weighted by atomic mass is 28.3. The number of aromatic carboxylic acids is 1. The van der Waals surface area contributed by atoms with E-state index in [1.165, 1.54) is 6.07 Å². The number of carboxylic acids is 1. The Morgan fingerprint density at radius 2 is 1.62 bits per heavy atom. The fourth-order valence-corrected chi connectivity index (χ4v) is 10.5. The van der Waals surface area contributed by atoms with Gasteiger partial charge in [-0.2, -0.15) is 0 Å². The number of hydrogen-bond donors (Lipinski definition) is 1. The van der Waals surface area contributed by atoms with Crippen LogP contribution in [-0.2, 0) is 0 Å². The van der Waals surface area contributed by atoms with Crippen molar-refractivity contribution in [3.63, 3.8) is 0 Å². The standard InChI is InChI=1S/C14H24N2O4Si/c1-9(2)21(10(3)4,11(5)6)15-8-7-12(16(19)20)13(15)14(17)18/h7-11H,1-6H3,(H,17,18). The quantitative estimate of drug-likeness (QED) is 0.486. The Morgan fingerprint density at radius 3 is 1.90 bits per heavy atom. The molecule has 0 amide bonds. The highest BCUT2D eigenvalue weighted by molar-refractivity contribution is 6.82. The third-order valence-electron chi connectivity index (χ3n) is 4.46. The number of carboxylic acid groups (broad SMARTS) is 1. The van der Waals surface area contributed by atoms with Gasteiger partial charge < -0.3 is 9.34 Å². The third kappa shape index (κ3) is 2.62. The largest absolute Gasteiger partial charge is 0.476 e. The number of rotatable bonds is 6. The second-order valence-electron chi connectivity index (χ2n) is 6.33. The van der Waals surface area contributed by atoms with Gasteiger partial charge in [0.15, 0.2) is 13.9 Å². The first-order valence-electron chi connectivity index (χ1n) is 7.17. The number of hydrogen-bond acceptors (Lipinski definition) is 3. The highest BCUT2D eigenvalue weighted by Crippen LogP contribution is 2.44. The molecule has 0 aliphatic heterocycles. The zero-order valence-corrected chi connectivity index (χ0v) is 14.5. The van der Waals surface area contributed by atoms with Crippen molar-refractivity contribution in [2.45, 2.75) is 58.2 Å². The lowest BCUT2D eigenvalue weighted by molar-refractivity contribution is -0.385. The first-order valence-corrected chi connectivity index (χ1v) is 9.35. The van der Waals surface area contributed by atoms with Crippen LogP contribution in [0.4, 0.5) is 5.69 Å². The molecular formula is C14H24N2O4Si. The highest BCUT2D eigenvalue weighted by Gasteiger charge is 2.48. The monoisotopic (exact) mass is 312 g/mol. The van der Waals surface area contributed by atoms with E-state index in [9.17, 15) is 20.0 Å². The Labute approximate surface area is 126 Å². The molecule has 1 aromatic rings. The summed E-state index contributed by atoms with van der Waals surface area (Å²) in [4.78, 5) is 22.1. The van der Waals surface area contributed by atoms with Gasteiger partial charge in [-0.15, -0.1) is 0 Å². The van der Waals surface area contributed by atoms with Gasteiger partial charge in [0.1, 0.15) is 0 Å². The summed E-state index contributed by atoms with van der Waals surface area (Å²) in [5.74, 6) is -1.23. The molecule has 1 N–H and O–H groups in total. The van der Waals surface area contributed by atoms with E-state index in [0.717, 1.165) is 0 Å². The molecule has 0 bridgehead atoms. The van der Waals surface area contributed by atoms with E-state index >= 15 is 0 Å². The maximum absolute atomic E-state index is 11.6. The second-order valence-corrected chi connectivity index (χ2v) is 12.1. The summed E-state index contributed by atoms with van der Waals surface area (Å²) in [6, 6.07) is 1.32. The van der Waals surface area contributed by atoms with Gasteiger partial charge in [0.05, 0.1) is 4.92 Å². The molecular weight excluding hydrogens is 288 g/mol. The fraction of sp³-hybridized carbons (Fsp3) is 0.643. The van der Waals surface area contributed by atoms with Crippen molar-refractivity contribution in [3.05, 3.63) is 28.1 Å². The van der Waals surface area contributed by atoms with Crippen LogP contribution in [0.2, 0.25) is 16.6 Å². The summed E-state index contributed by atoms with van der Waals surface area (Å²) in [7, 11) is -2.30. The molecule has 21 heavy (non-hydrogen) atoms. The van der Waals surface area contributed by atoms with Crippen LogP contribution in [0.15, 0.2) is 12.3 Å². The fourth-order valence-electron chi connectivity index (χ4n) is 3.94. The second kappa shape index (κ2) is 6.01. The van der Waals surface area contributed by atoms with Crippen molar-refractivity contribution in [1.82, 2.24) is 4.23 Å². The Balaban J connectivity index is 3.76. The van der Waals surface area contributed by atoms with Crippen LogP contribution >= 0.6 is 0 Å². The van der Waals surface area contributed by atoms with Crippen LogP contribution in [0, 0.1) is 10.1 Å². The molecule has 1 heterocycles. The van der Waals surface area contributed by atoms with Gasteiger partial charge in [0.25, 0.3) is 0 Å². The van der Waals surface area contributed by atoms with Gasteiger partial charge in [-0.05, 0) is 16.6 Å². The molecule has 0 spiro atoms. The van der Waals surface area contributed by atoms with Crippen molar-refractivity contribution >= 4 is 19.9 Å². The van der Waals surface area contributed by atoms with Gasteiger partial charge in [-0.25, -0.2) is 4.79 Å². The molecule has 0 atom stereocenters. The Hall–Kier alpha value is -1.63. The summed E-state index contributed by atoms with van der Waals surface area (Å²) >= 11 is 0. The predicted octanol–water partition coefficient (Wildman–Crippen LogP) is 4.12. The molecule has 1 rings (SSSR count). The van der Waals surface area contributed by atoms with Gasteiger partial charge in [-0.3, -0.25) is 10.1 Å². The summed E-state index contributed by atoms with van der Waals surface area (Å²) in [5.41, 5.74) is 0.303. The van der Waals surface area contributed by atoms with Crippen molar-refractivity contribution in [1.29, 1.82) is 0 Å². The Bertz CT molecular complexity index is 527. The molecule has 7 heteroatoms. The van der Waals surface area contributed by atoms with Crippen LogP contribution in [0.25, 0.3) is 0 Å². The van der Waals surface area contributed by atoms with Gasteiger partial charge in [0, 0.05) is 12.3 Å². The Morgan fingerprint density at radius 1 is 1.19 bits per heavy atom. The predicted molar refractivity (Wildman–Crippen MR) is 84.5 cm³/mol. The van der Waals surface area contributed by atoms with Crippen LogP contribution in [0.3, 0.4) is 0 Å². The minimum absolute atomic E-state index is 0.178. The molecule has 0 aliphatic carbocycles. The summed E-state index contributed by atoms with van der Waals surface area (Å²) < 4.78 is 1.74. The maximum atomic E-state index is 11.6. The van der Waals surface area contributed by atoms with Crippen molar-refractivity contribution in [3.8, 4) is 0 Å². The third-order valence-corrected chi connectivity index (χ3v) is 11.2. The topological polar surface area (TPSA) is 85.4 Å². The molecule has 0 aliphatic rings. The lowest BCUT2D eigenvalue weighted by Crippen LogP contribution is -2.52. The number of nitrogens with zero attached hydrogens (tertiary/aromatic N) is 2. The van der Waals surface area contributed by atoms with Crippen LogP contribution < -0.4 is 0 Å². The first-order chi connectivity index (χ1) is 9.58. The minimum Gasteiger partial charge on any atom is -0.476 e.